The number of fused-ring (bicyclic) bond motifs is 3. The summed E-state index contributed by atoms with van der Waals surface area (Å²) in [5.41, 5.74) is 2.36. The summed E-state index contributed by atoms with van der Waals surface area (Å²) in [5, 5.41) is 14.4. The maximum absolute atomic E-state index is 10.2. The molecule has 15 heavy (non-hydrogen) atoms. The zero-order valence-corrected chi connectivity index (χ0v) is 9.41. The molecule has 1 atom stereocenters. The minimum Gasteiger partial charge on any atom is -0.387 e. The van der Waals surface area contributed by atoms with E-state index >= 15 is 0 Å². The maximum atomic E-state index is 10.2. The zero-order valence-electron chi connectivity index (χ0n) is 8.60. The molecule has 0 radical (unpaired) electrons. The molecule has 1 N–H and O–H groups in total. The Morgan fingerprint density at radius 2 is 2.20 bits per heavy atom. The van der Waals surface area contributed by atoms with Crippen molar-refractivity contribution in [1.29, 1.82) is 0 Å². The third-order valence-electron chi connectivity index (χ3n) is 3.51. The summed E-state index contributed by atoms with van der Waals surface area (Å²) in [6.45, 7) is 2.25. The van der Waals surface area contributed by atoms with Crippen molar-refractivity contribution < 1.29 is 5.11 Å². The van der Waals surface area contributed by atoms with Crippen molar-refractivity contribution in [1.82, 2.24) is 4.90 Å². The van der Waals surface area contributed by atoms with Crippen molar-refractivity contribution in [3.05, 3.63) is 28.1 Å². The fourth-order valence-corrected chi connectivity index (χ4v) is 3.22. The molecule has 2 nitrogen and oxygen atoms in total. The van der Waals surface area contributed by atoms with Gasteiger partial charge in [0.25, 0.3) is 0 Å². The average Bonchev–Trinajstić information content (AvgIpc) is 2.77. The molecule has 3 aliphatic heterocycles. The van der Waals surface area contributed by atoms with E-state index in [1.165, 1.54) is 5.56 Å². The summed E-state index contributed by atoms with van der Waals surface area (Å²) in [4.78, 5) is 2.34. The Labute approximate surface area is 93.8 Å². The van der Waals surface area contributed by atoms with Crippen molar-refractivity contribution in [2.75, 3.05) is 13.1 Å². The Balaban J connectivity index is 1.92. The summed E-state index contributed by atoms with van der Waals surface area (Å²) < 4.78 is 0. The highest BCUT2D eigenvalue weighted by Crippen LogP contribution is 2.35. The molecule has 2 bridgehead atoms. The van der Waals surface area contributed by atoms with E-state index in [-0.39, 0.29) is 6.10 Å². The van der Waals surface area contributed by atoms with Crippen LogP contribution in [-0.2, 0) is 0 Å². The van der Waals surface area contributed by atoms with Gasteiger partial charge in [-0.2, -0.15) is 11.3 Å². The Morgan fingerprint density at radius 1 is 1.40 bits per heavy atom. The van der Waals surface area contributed by atoms with E-state index in [1.807, 2.05) is 0 Å². The monoisotopic (exact) mass is 221 g/mol. The smallest absolute Gasteiger partial charge is 0.0965 e. The van der Waals surface area contributed by atoms with Gasteiger partial charge in [0.05, 0.1) is 6.10 Å². The number of piperidine rings is 3. The van der Waals surface area contributed by atoms with Crippen molar-refractivity contribution >= 4 is 17.4 Å². The molecule has 0 aromatic carbocycles. The van der Waals surface area contributed by atoms with Gasteiger partial charge in [-0.15, -0.1) is 0 Å². The lowest BCUT2D eigenvalue weighted by atomic mass is 9.83. The molecular weight excluding hydrogens is 206 g/mol. The van der Waals surface area contributed by atoms with Gasteiger partial charge in [0, 0.05) is 18.8 Å². The predicted octanol–water partition coefficient (Wildman–Crippen LogP) is 2.18. The van der Waals surface area contributed by atoms with Crippen LogP contribution in [0.25, 0.3) is 6.08 Å². The van der Waals surface area contributed by atoms with Gasteiger partial charge in [0.2, 0.25) is 0 Å². The predicted molar refractivity (Wildman–Crippen MR) is 62.6 cm³/mol. The van der Waals surface area contributed by atoms with E-state index in [1.54, 1.807) is 11.3 Å². The average molecular weight is 221 g/mol. The highest BCUT2D eigenvalue weighted by Gasteiger charge is 2.36. The van der Waals surface area contributed by atoms with E-state index < -0.39 is 0 Å². The molecular formula is C12H15NOS. The Bertz CT molecular complexity index is 359. The Hall–Kier alpha value is -0.800. The van der Waals surface area contributed by atoms with Gasteiger partial charge in [-0.1, -0.05) is 0 Å². The first-order valence-corrected chi connectivity index (χ1v) is 6.46. The molecule has 80 valence electrons. The van der Waals surface area contributed by atoms with Gasteiger partial charge in [-0.3, -0.25) is 0 Å². The fraction of sp³-hybridized carbons (Fsp3) is 0.500. The van der Waals surface area contributed by atoms with Crippen LogP contribution in [0.3, 0.4) is 0 Å². The number of rotatable bonds is 1. The second-order valence-corrected chi connectivity index (χ2v) is 5.18. The van der Waals surface area contributed by atoms with Crippen molar-refractivity contribution in [2.24, 2.45) is 5.92 Å². The van der Waals surface area contributed by atoms with Crippen LogP contribution in [0.1, 0.15) is 18.4 Å². The minimum atomic E-state index is -0.229. The standard InChI is InChI=1S/C12H15NOS/c14-12-10-1-4-13(5-2-10)11(12)7-9-3-6-15-8-9/h3,6-8,10,12,14H,1-2,4-5H2. The lowest BCUT2D eigenvalue weighted by molar-refractivity contribution is 0.0215. The van der Waals surface area contributed by atoms with Crippen molar-refractivity contribution in [3.63, 3.8) is 0 Å². The van der Waals surface area contributed by atoms with Crippen LogP contribution in [0.2, 0.25) is 0 Å². The second kappa shape index (κ2) is 3.65. The van der Waals surface area contributed by atoms with Crippen LogP contribution < -0.4 is 0 Å². The molecule has 4 heterocycles. The van der Waals surface area contributed by atoms with E-state index in [0.29, 0.717) is 5.92 Å². The topological polar surface area (TPSA) is 23.5 Å². The summed E-state index contributed by atoms with van der Waals surface area (Å²) in [6.07, 6.45) is 4.23. The number of thiophene rings is 1. The van der Waals surface area contributed by atoms with E-state index in [9.17, 15) is 5.11 Å². The first-order chi connectivity index (χ1) is 7.34. The molecule has 3 heteroatoms. The van der Waals surface area contributed by atoms with Gasteiger partial charge < -0.3 is 10.0 Å². The maximum Gasteiger partial charge on any atom is 0.0965 e. The first-order valence-electron chi connectivity index (χ1n) is 5.51. The number of hydrogen-bond acceptors (Lipinski definition) is 3. The van der Waals surface area contributed by atoms with Gasteiger partial charge in [-0.05, 0) is 47.2 Å². The molecule has 3 fully saturated rings. The second-order valence-electron chi connectivity index (χ2n) is 4.40. The Morgan fingerprint density at radius 3 is 2.80 bits per heavy atom. The summed E-state index contributed by atoms with van der Waals surface area (Å²) in [6, 6.07) is 2.10. The van der Waals surface area contributed by atoms with Crippen LogP contribution in [-0.4, -0.2) is 29.2 Å². The normalized spacial score (nSPS) is 32.6. The van der Waals surface area contributed by atoms with Gasteiger partial charge in [0.15, 0.2) is 0 Å². The highest BCUT2D eigenvalue weighted by molar-refractivity contribution is 7.08. The van der Waals surface area contributed by atoms with E-state index in [4.69, 9.17) is 0 Å². The van der Waals surface area contributed by atoms with Gasteiger partial charge >= 0.3 is 0 Å². The third-order valence-corrected chi connectivity index (χ3v) is 4.21. The Kier molecular flexibility index (Phi) is 2.29. The van der Waals surface area contributed by atoms with Crippen LogP contribution in [0, 0.1) is 5.92 Å². The molecule has 1 unspecified atom stereocenters. The number of aliphatic hydroxyl groups excluding tert-OH is 1. The SMILES string of the molecule is OC1C(=Cc2ccsc2)N2CCC1CC2. The molecule has 0 spiro atoms. The van der Waals surface area contributed by atoms with Crippen LogP contribution in [0.5, 0.6) is 0 Å². The highest BCUT2D eigenvalue weighted by atomic mass is 32.1. The summed E-state index contributed by atoms with van der Waals surface area (Å²) in [7, 11) is 0. The largest absolute Gasteiger partial charge is 0.387 e. The van der Waals surface area contributed by atoms with Gasteiger partial charge in [0.1, 0.15) is 0 Å². The van der Waals surface area contributed by atoms with Gasteiger partial charge in [-0.25, -0.2) is 0 Å². The molecule has 4 rings (SSSR count). The summed E-state index contributed by atoms with van der Waals surface area (Å²) >= 11 is 1.70. The number of nitrogens with zero attached hydrogens (tertiary/aromatic N) is 1. The summed E-state index contributed by atoms with van der Waals surface area (Å²) in [5.74, 6) is 0.500. The third kappa shape index (κ3) is 1.60. The van der Waals surface area contributed by atoms with Crippen molar-refractivity contribution in [3.8, 4) is 0 Å². The molecule has 1 aromatic rings. The zero-order chi connectivity index (χ0) is 10.3. The molecule has 3 saturated heterocycles. The van der Waals surface area contributed by atoms with Crippen LogP contribution in [0.4, 0.5) is 0 Å². The van der Waals surface area contributed by atoms with Crippen molar-refractivity contribution in [2.45, 2.75) is 18.9 Å². The van der Waals surface area contributed by atoms with Crippen LogP contribution in [0.15, 0.2) is 22.5 Å². The molecule has 1 aromatic heterocycles. The lowest BCUT2D eigenvalue weighted by Crippen LogP contribution is -2.48. The minimum absolute atomic E-state index is 0.229. The fourth-order valence-electron chi connectivity index (χ4n) is 2.61. The van der Waals surface area contributed by atoms with E-state index in [2.05, 4.69) is 27.8 Å². The quantitative estimate of drug-likeness (QED) is 0.785. The molecule has 0 amide bonds. The number of hydrogen-bond donors (Lipinski definition) is 1. The molecule has 0 saturated carbocycles. The van der Waals surface area contributed by atoms with E-state index in [0.717, 1.165) is 31.6 Å². The number of aliphatic hydroxyl groups is 1. The first kappa shape index (κ1) is 9.43. The van der Waals surface area contributed by atoms with Crippen LogP contribution >= 0.6 is 11.3 Å². The lowest BCUT2D eigenvalue weighted by Gasteiger charge is -2.45. The molecule has 0 aliphatic carbocycles. The molecule has 3 aliphatic rings.